The standard InChI is InChI=1S/C12H22N2O/c13-12(7-3-4-8-12)11(15)14-9-10-5-1-2-6-10/h10H,1-9,13H2,(H,14,15). The van der Waals surface area contributed by atoms with Crippen LogP contribution in [0.1, 0.15) is 51.4 Å². The highest BCUT2D eigenvalue weighted by Gasteiger charge is 2.36. The summed E-state index contributed by atoms with van der Waals surface area (Å²) in [6.07, 6.45) is 9.14. The van der Waals surface area contributed by atoms with E-state index in [1.165, 1.54) is 25.7 Å². The zero-order chi connectivity index (χ0) is 10.7. The molecule has 0 saturated heterocycles. The van der Waals surface area contributed by atoms with Gasteiger partial charge in [-0.3, -0.25) is 4.79 Å². The summed E-state index contributed by atoms with van der Waals surface area (Å²) in [6, 6.07) is 0. The second-order valence-corrected chi connectivity index (χ2v) is 5.22. The third-order valence-corrected chi connectivity index (χ3v) is 3.97. The van der Waals surface area contributed by atoms with E-state index in [1.807, 2.05) is 0 Å². The van der Waals surface area contributed by atoms with Gasteiger partial charge in [0.1, 0.15) is 0 Å². The molecule has 3 heteroatoms. The third-order valence-electron chi connectivity index (χ3n) is 3.97. The predicted molar refractivity (Wildman–Crippen MR) is 60.4 cm³/mol. The molecule has 2 aliphatic rings. The van der Waals surface area contributed by atoms with Crippen molar-refractivity contribution in [3.8, 4) is 0 Å². The first-order chi connectivity index (χ1) is 7.21. The maximum Gasteiger partial charge on any atom is 0.240 e. The molecule has 0 unspecified atom stereocenters. The molecule has 2 rings (SSSR count). The van der Waals surface area contributed by atoms with Crippen molar-refractivity contribution in [1.29, 1.82) is 0 Å². The Balaban J connectivity index is 1.76. The number of nitrogens with one attached hydrogen (secondary N) is 1. The molecule has 0 bridgehead atoms. The summed E-state index contributed by atoms with van der Waals surface area (Å²) in [5.41, 5.74) is 5.53. The molecule has 2 aliphatic carbocycles. The van der Waals surface area contributed by atoms with Crippen LogP contribution in [0.5, 0.6) is 0 Å². The van der Waals surface area contributed by atoms with E-state index in [1.54, 1.807) is 0 Å². The van der Waals surface area contributed by atoms with Crippen LogP contribution in [-0.2, 0) is 4.79 Å². The highest BCUT2D eigenvalue weighted by Crippen LogP contribution is 2.28. The average Bonchev–Trinajstić information content (AvgIpc) is 2.85. The van der Waals surface area contributed by atoms with E-state index in [0.29, 0.717) is 5.92 Å². The Kier molecular flexibility index (Phi) is 3.29. The first-order valence-electron chi connectivity index (χ1n) is 6.28. The van der Waals surface area contributed by atoms with Gasteiger partial charge in [-0.2, -0.15) is 0 Å². The molecule has 0 radical (unpaired) electrons. The summed E-state index contributed by atoms with van der Waals surface area (Å²) in [5.74, 6) is 0.797. The van der Waals surface area contributed by atoms with Crippen LogP contribution in [0.2, 0.25) is 0 Å². The fourth-order valence-electron chi connectivity index (χ4n) is 2.86. The van der Waals surface area contributed by atoms with Gasteiger partial charge in [0.25, 0.3) is 0 Å². The van der Waals surface area contributed by atoms with Gasteiger partial charge in [0.15, 0.2) is 0 Å². The van der Waals surface area contributed by atoms with Crippen molar-refractivity contribution < 1.29 is 4.79 Å². The maximum atomic E-state index is 11.9. The van der Waals surface area contributed by atoms with E-state index in [9.17, 15) is 4.79 Å². The molecule has 1 amide bonds. The summed E-state index contributed by atoms with van der Waals surface area (Å²) in [5, 5.41) is 3.04. The van der Waals surface area contributed by atoms with Crippen molar-refractivity contribution in [2.24, 2.45) is 11.7 Å². The van der Waals surface area contributed by atoms with Gasteiger partial charge in [0, 0.05) is 6.54 Å². The number of amides is 1. The van der Waals surface area contributed by atoms with Crippen LogP contribution in [0.4, 0.5) is 0 Å². The van der Waals surface area contributed by atoms with E-state index >= 15 is 0 Å². The van der Waals surface area contributed by atoms with E-state index in [0.717, 1.165) is 32.2 Å². The van der Waals surface area contributed by atoms with Crippen LogP contribution in [0.3, 0.4) is 0 Å². The van der Waals surface area contributed by atoms with Crippen molar-refractivity contribution in [2.45, 2.75) is 56.9 Å². The molecule has 0 aromatic rings. The minimum atomic E-state index is -0.543. The SMILES string of the molecule is NC1(C(=O)NCC2CCCC2)CCCC1. The van der Waals surface area contributed by atoms with Gasteiger partial charge in [0.2, 0.25) is 5.91 Å². The molecule has 3 nitrogen and oxygen atoms in total. The predicted octanol–water partition coefficient (Wildman–Crippen LogP) is 1.56. The number of nitrogens with two attached hydrogens (primary N) is 1. The highest BCUT2D eigenvalue weighted by atomic mass is 16.2. The first-order valence-corrected chi connectivity index (χ1v) is 6.28. The van der Waals surface area contributed by atoms with Crippen molar-refractivity contribution >= 4 is 5.91 Å². The van der Waals surface area contributed by atoms with Crippen LogP contribution >= 0.6 is 0 Å². The minimum Gasteiger partial charge on any atom is -0.354 e. The highest BCUT2D eigenvalue weighted by molar-refractivity contribution is 5.86. The molecule has 0 aromatic carbocycles. The van der Waals surface area contributed by atoms with Gasteiger partial charge in [-0.25, -0.2) is 0 Å². The number of carbonyl (C=O) groups is 1. The van der Waals surface area contributed by atoms with Crippen molar-refractivity contribution in [1.82, 2.24) is 5.32 Å². The minimum absolute atomic E-state index is 0.0897. The molecule has 15 heavy (non-hydrogen) atoms. The second-order valence-electron chi connectivity index (χ2n) is 5.22. The molecule has 2 saturated carbocycles. The van der Waals surface area contributed by atoms with Crippen molar-refractivity contribution in [2.75, 3.05) is 6.54 Å². The Bertz CT molecular complexity index is 228. The van der Waals surface area contributed by atoms with Crippen LogP contribution in [0.25, 0.3) is 0 Å². The molecule has 0 atom stereocenters. The molecule has 2 fully saturated rings. The summed E-state index contributed by atoms with van der Waals surface area (Å²) >= 11 is 0. The van der Waals surface area contributed by atoms with Crippen molar-refractivity contribution in [3.63, 3.8) is 0 Å². The summed E-state index contributed by atoms with van der Waals surface area (Å²) < 4.78 is 0. The third kappa shape index (κ3) is 2.51. The lowest BCUT2D eigenvalue weighted by atomic mass is 9.97. The lowest BCUT2D eigenvalue weighted by Crippen LogP contribution is -2.52. The molecular weight excluding hydrogens is 188 g/mol. The van der Waals surface area contributed by atoms with Crippen LogP contribution in [-0.4, -0.2) is 18.0 Å². The molecule has 86 valence electrons. The van der Waals surface area contributed by atoms with Crippen LogP contribution < -0.4 is 11.1 Å². The second kappa shape index (κ2) is 4.52. The topological polar surface area (TPSA) is 55.1 Å². The van der Waals surface area contributed by atoms with E-state index in [-0.39, 0.29) is 5.91 Å². The number of carbonyl (C=O) groups excluding carboxylic acids is 1. The Labute approximate surface area is 91.8 Å². The first kappa shape index (κ1) is 10.9. The Morgan fingerprint density at radius 1 is 1.20 bits per heavy atom. The Morgan fingerprint density at radius 2 is 1.80 bits per heavy atom. The van der Waals surface area contributed by atoms with Crippen molar-refractivity contribution in [3.05, 3.63) is 0 Å². The Morgan fingerprint density at radius 3 is 2.40 bits per heavy atom. The zero-order valence-corrected chi connectivity index (χ0v) is 9.43. The van der Waals surface area contributed by atoms with Gasteiger partial charge in [-0.05, 0) is 31.6 Å². The maximum absolute atomic E-state index is 11.9. The van der Waals surface area contributed by atoms with Gasteiger partial charge < -0.3 is 11.1 Å². The van der Waals surface area contributed by atoms with Crippen LogP contribution in [0, 0.1) is 5.92 Å². The molecule has 3 N–H and O–H groups in total. The quantitative estimate of drug-likeness (QED) is 0.743. The van der Waals surface area contributed by atoms with E-state index in [4.69, 9.17) is 5.73 Å². The molecule has 0 heterocycles. The fourth-order valence-corrected chi connectivity index (χ4v) is 2.86. The van der Waals surface area contributed by atoms with Gasteiger partial charge in [-0.15, -0.1) is 0 Å². The molecule has 0 spiro atoms. The monoisotopic (exact) mass is 210 g/mol. The number of rotatable bonds is 3. The van der Waals surface area contributed by atoms with Crippen LogP contribution in [0.15, 0.2) is 0 Å². The lowest BCUT2D eigenvalue weighted by Gasteiger charge is -2.23. The molecular formula is C12H22N2O. The number of hydrogen-bond acceptors (Lipinski definition) is 2. The van der Waals surface area contributed by atoms with Gasteiger partial charge in [0.05, 0.1) is 5.54 Å². The molecule has 0 aliphatic heterocycles. The summed E-state index contributed by atoms with van der Waals surface area (Å²) in [4.78, 5) is 11.9. The Hall–Kier alpha value is -0.570. The fraction of sp³-hybridized carbons (Fsp3) is 0.917. The van der Waals surface area contributed by atoms with E-state index in [2.05, 4.69) is 5.32 Å². The summed E-state index contributed by atoms with van der Waals surface area (Å²) in [6.45, 7) is 0.845. The van der Waals surface area contributed by atoms with Gasteiger partial charge in [-0.1, -0.05) is 25.7 Å². The molecule has 0 aromatic heterocycles. The average molecular weight is 210 g/mol. The smallest absolute Gasteiger partial charge is 0.240 e. The largest absolute Gasteiger partial charge is 0.354 e. The lowest BCUT2D eigenvalue weighted by molar-refractivity contribution is -0.126. The van der Waals surface area contributed by atoms with Gasteiger partial charge >= 0.3 is 0 Å². The normalized spacial score (nSPS) is 25.7. The number of hydrogen-bond donors (Lipinski definition) is 2. The van der Waals surface area contributed by atoms with E-state index < -0.39 is 5.54 Å². The zero-order valence-electron chi connectivity index (χ0n) is 9.43. The summed E-state index contributed by atoms with van der Waals surface area (Å²) in [7, 11) is 0.